The number of rotatable bonds is 4. The first-order chi connectivity index (χ1) is 4.35. The highest BCUT2D eigenvalue weighted by molar-refractivity contribution is 5.97. The summed E-state index contributed by atoms with van der Waals surface area (Å²) >= 11 is 0. The van der Waals surface area contributed by atoms with Crippen LogP contribution in [0.3, 0.4) is 0 Å². The van der Waals surface area contributed by atoms with E-state index in [1.165, 1.54) is 6.08 Å². The van der Waals surface area contributed by atoms with Gasteiger partial charge in [-0.15, -0.1) is 0 Å². The van der Waals surface area contributed by atoms with E-state index < -0.39 is 0 Å². The molecule has 0 N–H and O–H groups in total. The maximum atomic E-state index is 9.71. The van der Waals surface area contributed by atoms with Crippen LogP contribution in [0.15, 0.2) is 4.99 Å². The minimum Gasteiger partial charge on any atom is -0.426 e. The van der Waals surface area contributed by atoms with Crippen molar-refractivity contribution in [2.45, 2.75) is 19.4 Å². The van der Waals surface area contributed by atoms with Gasteiger partial charge in [0.05, 0.1) is 12.6 Å². The third-order valence-corrected chi connectivity index (χ3v) is 1.40. The molecule has 0 aromatic heterocycles. The van der Waals surface area contributed by atoms with E-state index in [2.05, 4.69) is 4.99 Å². The lowest BCUT2D eigenvalue weighted by Crippen LogP contribution is -2.10. The fourth-order valence-corrected chi connectivity index (χ4v) is 0.898. The molecule has 3 nitrogen and oxygen atoms in total. The Bertz CT molecular complexity index is 112. The molecule has 0 heterocycles. The molecule has 0 aliphatic carbocycles. The van der Waals surface area contributed by atoms with Crippen LogP contribution in [0.4, 0.5) is 0 Å². The second-order valence-corrected chi connectivity index (χ2v) is 2.32. The molecule has 0 aliphatic heterocycles. The first-order valence-electron chi connectivity index (χ1n) is 2.91. The molecule has 52 valence electrons. The van der Waals surface area contributed by atoms with E-state index in [0.29, 0.717) is 17.1 Å². The van der Waals surface area contributed by atoms with Crippen molar-refractivity contribution in [1.82, 2.24) is 0 Å². The Balaban J connectivity index is 3.53. The highest BCUT2D eigenvalue weighted by Crippen LogP contribution is 1.94. The van der Waals surface area contributed by atoms with Crippen molar-refractivity contribution in [3.05, 3.63) is 0 Å². The van der Waals surface area contributed by atoms with Crippen molar-refractivity contribution in [3.8, 4) is 0 Å². The van der Waals surface area contributed by atoms with Crippen LogP contribution in [-0.4, -0.2) is 29.2 Å². The third-order valence-electron chi connectivity index (χ3n) is 1.07. The van der Waals surface area contributed by atoms with E-state index in [1.807, 2.05) is 6.92 Å². The number of nitrogens with zero attached hydrogens (tertiary/aromatic N) is 1. The van der Waals surface area contributed by atoms with Gasteiger partial charge in [0.25, 0.3) is 0 Å². The smallest absolute Gasteiger partial charge is 0.235 e. The molecule has 0 aromatic carbocycles. The van der Waals surface area contributed by atoms with Crippen LogP contribution in [0.25, 0.3) is 0 Å². The molecule has 1 atom stereocenters. The van der Waals surface area contributed by atoms with Gasteiger partial charge < -0.3 is 4.43 Å². The van der Waals surface area contributed by atoms with E-state index in [-0.39, 0.29) is 6.04 Å². The molecule has 0 fully saturated rings. The average molecular weight is 145 g/mol. The molecule has 9 heavy (non-hydrogen) atoms. The summed E-state index contributed by atoms with van der Waals surface area (Å²) < 4.78 is 4.91. The number of hydrogen-bond donors (Lipinski definition) is 0. The quantitative estimate of drug-likeness (QED) is 0.301. The molecule has 0 saturated heterocycles. The van der Waals surface area contributed by atoms with Crippen LogP contribution in [0.2, 0.25) is 0 Å². The fourth-order valence-electron chi connectivity index (χ4n) is 0.513. The number of isocyanates is 1. The second-order valence-electron chi connectivity index (χ2n) is 1.74. The maximum absolute atomic E-state index is 9.71. The van der Waals surface area contributed by atoms with Gasteiger partial charge in [0.15, 0.2) is 0 Å². The van der Waals surface area contributed by atoms with Crippen LogP contribution >= 0.6 is 0 Å². The van der Waals surface area contributed by atoms with Gasteiger partial charge in [-0.1, -0.05) is 6.92 Å². The topological polar surface area (TPSA) is 38.7 Å². The van der Waals surface area contributed by atoms with Gasteiger partial charge in [-0.3, -0.25) is 0 Å². The predicted octanol–water partition coefficient (Wildman–Crippen LogP) is -0.602. The summed E-state index contributed by atoms with van der Waals surface area (Å²) in [5.41, 5.74) is 0. The minimum atomic E-state index is 0.0278. The molecule has 0 aliphatic rings. The zero-order chi connectivity index (χ0) is 7.11. The largest absolute Gasteiger partial charge is 0.426 e. The van der Waals surface area contributed by atoms with E-state index in [9.17, 15) is 4.79 Å². The van der Waals surface area contributed by atoms with Crippen molar-refractivity contribution in [2.24, 2.45) is 4.99 Å². The van der Waals surface area contributed by atoms with Crippen molar-refractivity contribution in [1.29, 1.82) is 0 Å². The zero-order valence-corrected chi connectivity index (χ0v) is 7.76. The van der Waals surface area contributed by atoms with Gasteiger partial charge >= 0.3 is 0 Å². The van der Waals surface area contributed by atoms with Crippen molar-refractivity contribution in [3.63, 3.8) is 0 Å². The molecular formula is C5H11NO2Si. The normalized spacial score (nSPS) is 12.6. The van der Waals surface area contributed by atoms with Crippen molar-refractivity contribution >= 4 is 16.6 Å². The predicted molar refractivity (Wildman–Crippen MR) is 38.1 cm³/mol. The first kappa shape index (κ1) is 8.56. The first-order valence-corrected chi connectivity index (χ1v) is 3.72. The van der Waals surface area contributed by atoms with Crippen LogP contribution in [0, 0.1) is 0 Å². The van der Waals surface area contributed by atoms with Gasteiger partial charge in [-0.2, -0.15) is 0 Å². The molecule has 0 spiro atoms. The van der Waals surface area contributed by atoms with Gasteiger partial charge in [0.2, 0.25) is 6.08 Å². The van der Waals surface area contributed by atoms with Crippen LogP contribution in [-0.2, 0) is 9.22 Å². The minimum absolute atomic E-state index is 0.0278. The van der Waals surface area contributed by atoms with E-state index in [4.69, 9.17) is 4.43 Å². The summed E-state index contributed by atoms with van der Waals surface area (Å²) in [6.07, 6.45) is 2.36. The maximum Gasteiger partial charge on any atom is 0.235 e. The Kier molecular flexibility index (Phi) is 5.41. The SMILES string of the molecule is CCC(CO[SiH3])N=C=O. The van der Waals surface area contributed by atoms with Crippen LogP contribution in [0.5, 0.6) is 0 Å². The lowest BCUT2D eigenvalue weighted by atomic mass is 10.3. The third kappa shape index (κ3) is 4.09. The summed E-state index contributed by atoms with van der Waals surface area (Å²) in [7, 11) is 0.709. The van der Waals surface area contributed by atoms with Crippen molar-refractivity contribution < 1.29 is 9.22 Å². The van der Waals surface area contributed by atoms with Gasteiger partial charge in [0, 0.05) is 0 Å². The van der Waals surface area contributed by atoms with Crippen molar-refractivity contribution in [2.75, 3.05) is 6.61 Å². The number of aliphatic imine (C=N–C) groups is 1. The van der Waals surface area contributed by atoms with E-state index >= 15 is 0 Å². The van der Waals surface area contributed by atoms with Gasteiger partial charge in [-0.05, 0) is 6.42 Å². The highest BCUT2D eigenvalue weighted by atomic mass is 28.2. The summed E-state index contributed by atoms with van der Waals surface area (Å²) in [4.78, 5) is 13.2. The zero-order valence-electron chi connectivity index (χ0n) is 5.76. The molecule has 0 saturated carbocycles. The Hall–Kier alpha value is -0.443. The van der Waals surface area contributed by atoms with E-state index in [1.54, 1.807) is 0 Å². The summed E-state index contributed by atoms with van der Waals surface area (Å²) in [6, 6.07) is 0.0278. The highest BCUT2D eigenvalue weighted by Gasteiger charge is 1.99. The standard InChI is InChI=1S/C5H11NO2Si/c1-2-5(3-8-9)6-4-7/h5H,2-3H2,1,9H3. The molecule has 0 aromatic rings. The van der Waals surface area contributed by atoms with Gasteiger partial charge in [0.1, 0.15) is 10.5 Å². The lowest BCUT2D eigenvalue weighted by molar-refractivity contribution is 0.311. The molecular weight excluding hydrogens is 134 g/mol. The van der Waals surface area contributed by atoms with Gasteiger partial charge in [-0.25, -0.2) is 9.79 Å². The summed E-state index contributed by atoms with van der Waals surface area (Å²) in [6.45, 7) is 2.53. The molecule has 1 unspecified atom stereocenters. The Morgan fingerprint density at radius 1 is 1.89 bits per heavy atom. The Morgan fingerprint density at radius 2 is 2.56 bits per heavy atom. The Morgan fingerprint density at radius 3 is 2.89 bits per heavy atom. The molecule has 0 bridgehead atoms. The molecule has 4 heteroatoms. The summed E-state index contributed by atoms with van der Waals surface area (Å²) in [5, 5.41) is 0. The molecule has 0 rings (SSSR count). The lowest BCUT2D eigenvalue weighted by Gasteiger charge is -2.03. The molecule has 0 radical (unpaired) electrons. The molecule has 0 amide bonds. The Labute approximate surface area is 57.7 Å². The monoisotopic (exact) mass is 145 g/mol. The fraction of sp³-hybridized carbons (Fsp3) is 0.800. The van der Waals surface area contributed by atoms with E-state index in [0.717, 1.165) is 6.42 Å². The average Bonchev–Trinajstić information content (AvgIpc) is 1.88. The second kappa shape index (κ2) is 5.69. The number of carbonyl (C=O) groups excluding carboxylic acids is 1. The van der Waals surface area contributed by atoms with Crippen LogP contribution < -0.4 is 0 Å². The van der Waals surface area contributed by atoms with Crippen LogP contribution in [0.1, 0.15) is 13.3 Å². The number of hydrogen-bond acceptors (Lipinski definition) is 3. The summed E-state index contributed by atoms with van der Waals surface area (Å²) in [5.74, 6) is 0.